The molecule has 15 heteroatoms. The van der Waals surface area contributed by atoms with Gasteiger partial charge in [0.15, 0.2) is 8.32 Å². The van der Waals surface area contributed by atoms with Gasteiger partial charge in [0.05, 0.1) is 92.5 Å². The van der Waals surface area contributed by atoms with E-state index in [0.29, 0.717) is 99.0 Å². The SMILES string of the molecule is CC(C)(C)[Si](C)(C)OCCOCCOCCOCCN=[N+]=[N-].[N-]=[N+]=NCCOCCOCCOCCO. The molecule has 0 saturated heterocycles. The molecule has 0 fully saturated rings. The third-order valence-corrected chi connectivity index (χ3v) is 9.56. The van der Waals surface area contributed by atoms with Crippen LogP contribution in [-0.4, -0.2) is 119 Å². The first-order valence-corrected chi connectivity index (χ1v) is 15.4. The lowest BCUT2D eigenvalue weighted by Gasteiger charge is -2.36. The van der Waals surface area contributed by atoms with Gasteiger partial charge in [-0.15, -0.1) is 0 Å². The average Bonchev–Trinajstić information content (AvgIpc) is 2.85. The number of nitrogens with zero attached hydrogens (tertiary/aromatic N) is 6. The summed E-state index contributed by atoms with van der Waals surface area (Å²) in [5.74, 6) is 0. The number of ether oxygens (including phenoxy) is 6. The Bertz CT molecular complexity index is 600. The highest BCUT2D eigenvalue weighted by Crippen LogP contribution is 2.36. The average molecular weight is 553 g/mol. The zero-order chi connectivity index (χ0) is 28.1. The second-order valence-corrected chi connectivity index (χ2v) is 13.7. The van der Waals surface area contributed by atoms with Crippen LogP contribution in [-0.2, 0) is 32.8 Å². The van der Waals surface area contributed by atoms with E-state index >= 15 is 0 Å². The maximum atomic E-state index is 8.39. The Balaban J connectivity index is 0. The van der Waals surface area contributed by atoms with E-state index in [4.69, 9.17) is 49.0 Å². The molecule has 14 nitrogen and oxygen atoms in total. The zero-order valence-corrected chi connectivity index (χ0v) is 24.3. The second kappa shape index (κ2) is 27.5. The van der Waals surface area contributed by atoms with E-state index in [2.05, 4.69) is 53.9 Å². The fourth-order valence-corrected chi connectivity index (χ4v) is 3.05. The van der Waals surface area contributed by atoms with Crippen molar-refractivity contribution < 1.29 is 38.0 Å². The van der Waals surface area contributed by atoms with Crippen LogP contribution in [0.25, 0.3) is 20.9 Å². The van der Waals surface area contributed by atoms with Crippen LogP contribution in [0.2, 0.25) is 18.1 Å². The van der Waals surface area contributed by atoms with Crippen molar-refractivity contribution >= 4 is 8.32 Å². The zero-order valence-electron chi connectivity index (χ0n) is 23.3. The van der Waals surface area contributed by atoms with Gasteiger partial charge in [-0.3, -0.25) is 0 Å². The van der Waals surface area contributed by atoms with Gasteiger partial charge in [-0.05, 0) is 29.2 Å². The van der Waals surface area contributed by atoms with Gasteiger partial charge in [0.25, 0.3) is 0 Å². The summed E-state index contributed by atoms with van der Waals surface area (Å²) in [6.45, 7) is 18.3. The predicted octanol–water partition coefficient (Wildman–Crippen LogP) is 3.71. The van der Waals surface area contributed by atoms with Crippen LogP contribution in [0.1, 0.15) is 20.8 Å². The Morgan fingerprint density at radius 2 is 0.919 bits per heavy atom. The van der Waals surface area contributed by atoms with E-state index in [1.807, 2.05) is 0 Å². The molecule has 0 atom stereocenters. The molecule has 0 rings (SSSR count). The molecule has 1 N–H and O–H groups in total. The van der Waals surface area contributed by atoms with Crippen LogP contribution in [0, 0.1) is 0 Å². The summed E-state index contributed by atoms with van der Waals surface area (Å²) in [4.78, 5) is 5.22. The maximum Gasteiger partial charge on any atom is 0.192 e. The highest BCUT2D eigenvalue weighted by molar-refractivity contribution is 6.74. The van der Waals surface area contributed by atoms with Crippen LogP contribution in [0.4, 0.5) is 0 Å². The van der Waals surface area contributed by atoms with Gasteiger partial charge in [0.1, 0.15) is 0 Å². The molecule has 0 amide bonds. The highest BCUT2D eigenvalue weighted by Gasteiger charge is 2.36. The molecule has 0 radical (unpaired) electrons. The second-order valence-electron chi connectivity index (χ2n) is 8.92. The number of hydrogen-bond donors (Lipinski definition) is 1. The molecule has 0 aliphatic heterocycles. The molecule has 37 heavy (non-hydrogen) atoms. The quantitative estimate of drug-likeness (QED) is 0.0617. The van der Waals surface area contributed by atoms with Crippen LogP contribution in [0.3, 0.4) is 0 Å². The normalized spacial score (nSPS) is 11.3. The van der Waals surface area contributed by atoms with Gasteiger partial charge < -0.3 is 38.0 Å². The minimum absolute atomic E-state index is 0.0303. The fraction of sp³-hybridized carbons (Fsp3) is 1.00. The first-order chi connectivity index (χ1) is 17.7. The summed E-state index contributed by atoms with van der Waals surface area (Å²) < 4.78 is 37.3. The number of aliphatic hydroxyl groups excluding tert-OH is 1. The third-order valence-electron chi connectivity index (χ3n) is 5.02. The molecule has 0 bridgehead atoms. The minimum atomic E-state index is -1.66. The van der Waals surface area contributed by atoms with Crippen molar-refractivity contribution in [3.05, 3.63) is 20.9 Å². The molecule has 0 aromatic heterocycles. The third kappa shape index (κ3) is 28.9. The van der Waals surface area contributed by atoms with Crippen molar-refractivity contribution in [3.63, 3.8) is 0 Å². The van der Waals surface area contributed by atoms with Crippen molar-refractivity contribution in [3.8, 4) is 0 Å². The van der Waals surface area contributed by atoms with Crippen molar-refractivity contribution in [2.75, 3.05) is 106 Å². The van der Waals surface area contributed by atoms with Gasteiger partial charge in [-0.2, -0.15) is 0 Å². The Morgan fingerprint density at radius 1 is 0.595 bits per heavy atom. The van der Waals surface area contributed by atoms with Gasteiger partial charge in [0, 0.05) is 22.9 Å². The maximum absolute atomic E-state index is 8.39. The molecular weight excluding hydrogens is 504 g/mol. The first-order valence-electron chi connectivity index (χ1n) is 12.5. The Kier molecular flexibility index (Phi) is 28.0. The van der Waals surface area contributed by atoms with Gasteiger partial charge >= 0.3 is 0 Å². The Morgan fingerprint density at radius 3 is 1.24 bits per heavy atom. The molecule has 0 spiro atoms. The van der Waals surface area contributed by atoms with Gasteiger partial charge in [-0.1, -0.05) is 31.0 Å². The standard InChI is InChI=1S/C14H31N3O4Si.C8H17N3O4/c1-14(2,3)22(4,5)21-13-12-20-11-10-19-9-8-18-7-6-16-17-15;9-11-10-1-3-13-5-7-15-8-6-14-4-2-12/h6-13H2,1-5H3;12H,1-8H2. The van der Waals surface area contributed by atoms with Crippen LogP contribution in [0.15, 0.2) is 10.2 Å². The van der Waals surface area contributed by atoms with Crippen LogP contribution >= 0.6 is 0 Å². The molecule has 0 unspecified atom stereocenters. The monoisotopic (exact) mass is 552 g/mol. The molecular formula is C22H48N6O8Si. The summed E-state index contributed by atoms with van der Waals surface area (Å²) in [7, 11) is -1.66. The predicted molar refractivity (Wildman–Crippen MR) is 143 cm³/mol. The largest absolute Gasteiger partial charge is 0.414 e. The summed E-state index contributed by atoms with van der Waals surface area (Å²) in [6, 6.07) is 0. The van der Waals surface area contributed by atoms with Crippen molar-refractivity contribution in [2.45, 2.75) is 38.9 Å². The van der Waals surface area contributed by atoms with Crippen molar-refractivity contribution in [1.29, 1.82) is 0 Å². The smallest absolute Gasteiger partial charge is 0.192 e. The molecule has 0 saturated carbocycles. The number of aliphatic hydroxyl groups is 1. The van der Waals surface area contributed by atoms with E-state index in [0.717, 1.165) is 0 Å². The Labute approximate surface area is 222 Å². The molecule has 0 aromatic rings. The lowest BCUT2D eigenvalue weighted by molar-refractivity contribution is 0.00889. The van der Waals surface area contributed by atoms with E-state index < -0.39 is 8.32 Å². The first kappa shape index (κ1) is 37.7. The number of rotatable bonds is 24. The summed E-state index contributed by atoms with van der Waals surface area (Å²) in [6.07, 6.45) is 0. The summed E-state index contributed by atoms with van der Waals surface area (Å²) >= 11 is 0. The molecule has 0 aliphatic carbocycles. The number of hydrogen-bond acceptors (Lipinski definition) is 10. The summed E-state index contributed by atoms with van der Waals surface area (Å²) in [5, 5.41) is 15.3. The molecule has 0 aliphatic rings. The van der Waals surface area contributed by atoms with Crippen LogP contribution in [0.5, 0.6) is 0 Å². The lowest BCUT2D eigenvalue weighted by Crippen LogP contribution is -2.41. The Hall–Kier alpha value is -1.48. The van der Waals surface area contributed by atoms with Gasteiger partial charge in [-0.25, -0.2) is 0 Å². The lowest BCUT2D eigenvalue weighted by atomic mass is 10.2. The van der Waals surface area contributed by atoms with Crippen molar-refractivity contribution in [2.24, 2.45) is 10.2 Å². The van der Waals surface area contributed by atoms with E-state index in [1.165, 1.54) is 0 Å². The van der Waals surface area contributed by atoms with E-state index in [9.17, 15) is 0 Å². The fourth-order valence-electron chi connectivity index (χ4n) is 2.02. The van der Waals surface area contributed by atoms with Gasteiger partial charge in [0.2, 0.25) is 0 Å². The molecule has 0 aromatic carbocycles. The molecule has 218 valence electrons. The molecule has 0 heterocycles. The topological polar surface area (TPSA) is 182 Å². The van der Waals surface area contributed by atoms with E-state index in [-0.39, 0.29) is 11.6 Å². The van der Waals surface area contributed by atoms with Crippen molar-refractivity contribution in [1.82, 2.24) is 0 Å². The van der Waals surface area contributed by atoms with Crippen LogP contribution < -0.4 is 0 Å². The van der Waals surface area contributed by atoms with E-state index in [1.54, 1.807) is 0 Å². The summed E-state index contributed by atoms with van der Waals surface area (Å²) in [5.41, 5.74) is 16.0. The minimum Gasteiger partial charge on any atom is -0.414 e. The highest BCUT2D eigenvalue weighted by atomic mass is 28.4. The number of azide groups is 2.